The fourth-order valence-electron chi connectivity index (χ4n) is 2.03. The second-order valence-electron chi connectivity index (χ2n) is 4.74. The maximum atomic E-state index is 4.64. The third-order valence-corrected chi connectivity index (χ3v) is 4.97. The number of nitrogens with one attached hydrogen (secondary N) is 2. The van der Waals surface area contributed by atoms with Gasteiger partial charge in [-0.2, -0.15) is 16.3 Å². The lowest BCUT2D eigenvalue weighted by atomic mass is 10.3. The molecule has 3 rings (SSSR count). The number of aromatic nitrogens is 2. The van der Waals surface area contributed by atoms with Crippen molar-refractivity contribution < 1.29 is 0 Å². The lowest BCUT2D eigenvalue weighted by Gasteiger charge is -2.08. The molecule has 21 heavy (non-hydrogen) atoms. The molecule has 0 aliphatic heterocycles. The van der Waals surface area contributed by atoms with Crippen LogP contribution >= 0.6 is 22.7 Å². The van der Waals surface area contributed by atoms with Crippen LogP contribution in [-0.2, 0) is 6.42 Å². The van der Waals surface area contributed by atoms with Crippen LogP contribution in [0.5, 0.6) is 0 Å². The van der Waals surface area contributed by atoms with Crippen molar-refractivity contribution in [1.82, 2.24) is 9.97 Å². The van der Waals surface area contributed by atoms with Gasteiger partial charge in [0.05, 0.1) is 11.1 Å². The molecule has 0 aliphatic rings. The van der Waals surface area contributed by atoms with Crippen LogP contribution in [0.15, 0.2) is 22.9 Å². The van der Waals surface area contributed by atoms with Gasteiger partial charge >= 0.3 is 0 Å². The molecule has 0 unspecified atom stereocenters. The van der Waals surface area contributed by atoms with E-state index < -0.39 is 0 Å². The van der Waals surface area contributed by atoms with Crippen molar-refractivity contribution in [2.45, 2.75) is 26.7 Å². The summed E-state index contributed by atoms with van der Waals surface area (Å²) in [6.45, 7) is 5.19. The number of thiophene rings is 2. The number of hydrogen-bond acceptors (Lipinski definition) is 6. The highest BCUT2D eigenvalue weighted by atomic mass is 32.1. The number of hydrogen-bond donors (Lipinski definition) is 2. The van der Waals surface area contributed by atoms with Gasteiger partial charge in [-0.1, -0.05) is 13.8 Å². The summed E-state index contributed by atoms with van der Waals surface area (Å²) in [5.41, 5.74) is 1.07. The predicted octanol–water partition coefficient (Wildman–Crippen LogP) is 4.88. The van der Waals surface area contributed by atoms with Crippen molar-refractivity contribution in [1.29, 1.82) is 0 Å². The van der Waals surface area contributed by atoms with E-state index in [9.17, 15) is 0 Å². The van der Waals surface area contributed by atoms with Gasteiger partial charge in [-0.05, 0) is 30.4 Å². The number of fused-ring (bicyclic) bond motifs is 1. The van der Waals surface area contributed by atoms with E-state index in [4.69, 9.17) is 0 Å². The van der Waals surface area contributed by atoms with Crippen molar-refractivity contribution >= 4 is 50.3 Å². The van der Waals surface area contributed by atoms with E-state index in [2.05, 4.69) is 57.3 Å². The van der Waals surface area contributed by atoms with Gasteiger partial charge in [-0.3, -0.25) is 0 Å². The Morgan fingerprint density at radius 3 is 2.86 bits per heavy atom. The van der Waals surface area contributed by atoms with Crippen LogP contribution in [0.3, 0.4) is 0 Å². The molecule has 0 amide bonds. The standard InChI is InChI=1S/C15H18N4S2/c1-3-6-16-15-18-13(17-10-5-7-20-9-10)12-8-11(4-2)21-14(12)19-15/h5,7-9H,3-4,6H2,1-2H3,(H2,16,17,18,19). The Labute approximate surface area is 132 Å². The zero-order valence-corrected chi connectivity index (χ0v) is 13.8. The molecule has 3 aromatic rings. The summed E-state index contributed by atoms with van der Waals surface area (Å²) < 4.78 is 0. The van der Waals surface area contributed by atoms with Gasteiger partial charge < -0.3 is 10.6 Å². The third kappa shape index (κ3) is 3.16. The molecule has 0 bridgehead atoms. The highest BCUT2D eigenvalue weighted by molar-refractivity contribution is 7.18. The predicted molar refractivity (Wildman–Crippen MR) is 93.2 cm³/mol. The first-order valence-corrected chi connectivity index (χ1v) is 8.89. The number of nitrogens with zero attached hydrogens (tertiary/aromatic N) is 2. The van der Waals surface area contributed by atoms with E-state index in [-0.39, 0.29) is 0 Å². The van der Waals surface area contributed by atoms with E-state index in [1.54, 1.807) is 22.7 Å². The Morgan fingerprint density at radius 1 is 1.24 bits per heavy atom. The number of aryl methyl sites for hydroxylation is 1. The van der Waals surface area contributed by atoms with E-state index in [0.29, 0.717) is 5.95 Å². The van der Waals surface area contributed by atoms with Crippen LogP contribution in [-0.4, -0.2) is 16.5 Å². The average Bonchev–Trinajstić information content (AvgIpc) is 3.13. The Hall–Kier alpha value is -1.66. The van der Waals surface area contributed by atoms with Gasteiger partial charge in [-0.15, -0.1) is 11.3 Å². The van der Waals surface area contributed by atoms with Gasteiger partial charge in [0.1, 0.15) is 10.6 Å². The van der Waals surface area contributed by atoms with Crippen molar-refractivity contribution in [2.75, 3.05) is 17.2 Å². The number of rotatable bonds is 6. The summed E-state index contributed by atoms with van der Waals surface area (Å²) in [5.74, 6) is 1.58. The molecule has 110 valence electrons. The SMILES string of the molecule is CCCNc1nc(Nc2ccsc2)c2cc(CC)sc2n1. The normalized spacial score (nSPS) is 11.0. The first-order valence-electron chi connectivity index (χ1n) is 7.13. The molecular weight excluding hydrogens is 300 g/mol. The molecule has 0 saturated carbocycles. The molecule has 6 heteroatoms. The summed E-state index contributed by atoms with van der Waals surface area (Å²) in [6.07, 6.45) is 2.08. The van der Waals surface area contributed by atoms with Crippen molar-refractivity contribution in [3.05, 3.63) is 27.8 Å². The minimum Gasteiger partial charge on any atom is -0.354 e. The van der Waals surface area contributed by atoms with Crippen molar-refractivity contribution in [2.24, 2.45) is 0 Å². The lowest BCUT2D eigenvalue weighted by Crippen LogP contribution is -2.05. The van der Waals surface area contributed by atoms with E-state index in [1.165, 1.54) is 4.88 Å². The zero-order valence-electron chi connectivity index (χ0n) is 12.1. The monoisotopic (exact) mass is 318 g/mol. The number of anilines is 3. The van der Waals surface area contributed by atoms with Gasteiger partial charge in [0.25, 0.3) is 0 Å². The van der Waals surface area contributed by atoms with Crippen LogP contribution in [0, 0.1) is 0 Å². The molecule has 0 spiro atoms. The fourth-order valence-corrected chi connectivity index (χ4v) is 3.58. The average molecular weight is 318 g/mol. The molecule has 0 fully saturated rings. The molecule has 0 atom stereocenters. The minimum absolute atomic E-state index is 0.701. The maximum absolute atomic E-state index is 4.64. The Balaban J connectivity index is 2.02. The summed E-state index contributed by atoms with van der Waals surface area (Å²) in [7, 11) is 0. The van der Waals surface area contributed by atoms with Gasteiger partial charge in [0.2, 0.25) is 5.95 Å². The molecule has 0 saturated heterocycles. The molecular formula is C15H18N4S2. The molecule has 3 aromatic heterocycles. The van der Waals surface area contributed by atoms with Crippen LogP contribution in [0.25, 0.3) is 10.2 Å². The first-order chi connectivity index (χ1) is 10.3. The topological polar surface area (TPSA) is 49.8 Å². The van der Waals surface area contributed by atoms with Gasteiger partial charge in [0.15, 0.2) is 0 Å². The van der Waals surface area contributed by atoms with Gasteiger partial charge in [0, 0.05) is 16.8 Å². The molecule has 4 nitrogen and oxygen atoms in total. The molecule has 0 radical (unpaired) electrons. The molecule has 3 heterocycles. The van der Waals surface area contributed by atoms with Crippen LogP contribution in [0.1, 0.15) is 25.1 Å². The second kappa shape index (κ2) is 6.41. The molecule has 0 aromatic carbocycles. The quantitative estimate of drug-likeness (QED) is 0.680. The smallest absolute Gasteiger partial charge is 0.226 e. The van der Waals surface area contributed by atoms with E-state index in [1.807, 2.05) is 0 Å². The largest absolute Gasteiger partial charge is 0.354 e. The molecule has 2 N–H and O–H groups in total. The lowest BCUT2D eigenvalue weighted by molar-refractivity contribution is 0.958. The second-order valence-corrected chi connectivity index (χ2v) is 6.64. The Morgan fingerprint density at radius 2 is 2.14 bits per heavy atom. The Kier molecular flexibility index (Phi) is 4.36. The van der Waals surface area contributed by atoms with E-state index in [0.717, 1.165) is 41.1 Å². The summed E-state index contributed by atoms with van der Waals surface area (Å²) in [6, 6.07) is 4.25. The highest BCUT2D eigenvalue weighted by Crippen LogP contribution is 2.32. The van der Waals surface area contributed by atoms with Crippen LogP contribution in [0.4, 0.5) is 17.5 Å². The van der Waals surface area contributed by atoms with Crippen LogP contribution < -0.4 is 10.6 Å². The fraction of sp³-hybridized carbons (Fsp3) is 0.333. The summed E-state index contributed by atoms with van der Waals surface area (Å²) >= 11 is 3.42. The van der Waals surface area contributed by atoms with Crippen molar-refractivity contribution in [3.63, 3.8) is 0 Å². The summed E-state index contributed by atoms with van der Waals surface area (Å²) in [4.78, 5) is 11.6. The highest BCUT2D eigenvalue weighted by Gasteiger charge is 2.11. The third-order valence-electron chi connectivity index (χ3n) is 3.11. The first kappa shape index (κ1) is 14.3. The van der Waals surface area contributed by atoms with Crippen molar-refractivity contribution in [3.8, 4) is 0 Å². The van der Waals surface area contributed by atoms with Gasteiger partial charge in [-0.25, -0.2) is 4.98 Å². The van der Waals surface area contributed by atoms with Crippen LogP contribution in [0.2, 0.25) is 0 Å². The minimum atomic E-state index is 0.701. The summed E-state index contributed by atoms with van der Waals surface area (Å²) in [5, 5.41) is 11.9. The Bertz CT molecular complexity index is 719. The zero-order chi connectivity index (χ0) is 14.7. The maximum Gasteiger partial charge on any atom is 0.226 e. The van der Waals surface area contributed by atoms with E-state index >= 15 is 0 Å². The molecule has 0 aliphatic carbocycles.